The van der Waals surface area contributed by atoms with Crippen LogP contribution in [-0.4, -0.2) is 25.7 Å². The van der Waals surface area contributed by atoms with Crippen molar-refractivity contribution in [2.75, 3.05) is 19.0 Å². The molecule has 1 aromatic carbocycles. The fourth-order valence-electron chi connectivity index (χ4n) is 4.03. The first-order valence-electron chi connectivity index (χ1n) is 8.44. The summed E-state index contributed by atoms with van der Waals surface area (Å²) < 4.78 is 5.24. The van der Waals surface area contributed by atoms with Gasteiger partial charge in [-0.2, -0.15) is 0 Å². The standard InChI is InChI=1S/C18H28N2O/c1-21-13-14-6-4-7-15(12-14)20-18-9-3-2-8-16(18)17-10-5-11-19-17/h4,6-7,12,16-20H,2-3,5,8-11,13H2,1H3. The van der Waals surface area contributed by atoms with Crippen LogP contribution in [0.5, 0.6) is 0 Å². The van der Waals surface area contributed by atoms with Crippen molar-refractivity contribution in [3.63, 3.8) is 0 Å². The summed E-state index contributed by atoms with van der Waals surface area (Å²) in [4.78, 5) is 0. The van der Waals surface area contributed by atoms with E-state index in [0.717, 1.165) is 12.0 Å². The van der Waals surface area contributed by atoms with Crippen molar-refractivity contribution in [1.82, 2.24) is 5.32 Å². The van der Waals surface area contributed by atoms with Crippen LogP contribution in [0.1, 0.15) is 44.1 Å². The zero-order chi connectivity index (χ0) is 14.5. The van der Waals surface area contributed by atoms with E-state index in [1.165, 1.54) is 56.3 Å². The zero-order valence-electron chi connectivity index (χ0n) is 13.1. The quantitative estimate of drug-likeness (QED) is 0.869. The number of benzene rings is 1. The second-order valence-electron chi connectivity index (χ2n) is 6.54. The van der Waals surface area contributed by atoms with Crippen LogP contribution < -0.4 is 10.6 Å². The van der Waals surface area contributed by atoms with Crippen LogP contribution in [0.4, 0.5) is 5.69 Å². The molecule has 2 aliphatic rings. The van der Waals surface area contributed by atoms with Gasteiger partial charge in [0, 0.05) is 24.9 Å². The van der Waals surface area contributed by atoms with E-state index in [1.54, 1.807) is 7.11 Å². The highest BCUT2D eigenvalue weighted by atomic mass is 16.5. The van der Waals surface area contributed by atoms with Crippen molar-refractivity contribution < 1.29 is 4.74 Å². The minimum atomic E-state index is 0.618. The largest absolute Gasteiger partial charge is 0.382 e. The molecule has 1 aliphatic heterocycles. The van der Waals surface area contributed by atoms with Gasteiger partial charge in [0.15, 0.2) is 0 Å². The summed E-state index contributed by atoms with van der Waals surface area (Å²) in [5.41, 5.74) is 2.49. The molecule has 1 aromatic rings. The molecule has 0 radical (unpaired) electrons. The van der Waals surface area contributed by atoms with Gasteiger partial charge < -0.3 is 15.4 Å². The number of hydrogen-bond acceptors (Lipinski definition) is 3. The highest BCUT2D eigenvalue weighted by molar-refractivity contribution is 5.46. The van der Waals surface area contributed by atoms with Crippen molar-refractivity contribution in [3.05, 3.63) is 29.8 Å². The van der Waals surface area contributed by atoms with E-state index in [9.17, 15) is 0 Å². The molecular weight excluding hydrogens is 260 g/mol. The Balaban J connectivity index is 1.67. The van der Waals surface area contributed by atoms with Gasteiger partial charge in [-0.25, -0.2) is 0 Å². The van der Waals surface area contributed by atoms with Crippen LogP contribution in [0.3, 0.4) is 0 Å². The summed E-state index contributed by atoms with van der Waals surface area (Å²) in [7, 11) is 1.75. The Morgan fingerprint density at radius 3 is 2.90 bits per heavy atom. The van der Waals surface area contributed by atoms with Gasteiger partial charge in [0.25, 0.3) is 0 Å². The minimum absolute atomic E-state index is 0.618. The minimum Gasteiger partial charge on any atom is -0.382 e. The summed E-state index contributed by atoms with van der Waals surface area (Å²) >= 11 is 0. The average molecular weight is 288 g/mol. The fraction of sp³-hybridized carbons (Fsp3) is 0.667. The molecule has 2 fully saturated rings. The Bertz CT molecular complexity index is 443. The SMILES string of the molecule is COCc1cccc(NC2CCCCC2C2CCCN2)c1. The van der Waals surface area contributed by atoms with E-state index in [1.807, 2.05) is 0 Å². The van der Waals surface area contributed by atoms with Crippen molar-refractivity contribution >= 4 is 5.69 Å². The van der Waals surface area contributed by atoms with E-state index in [0.29, 0.717) is 12.6 Å². The van der Waals surface area contributed by atoms with Crippen LogP contribution in [0.2, 0.25) is 0 Å². The molecule has 2 N–H and O–H groups in total. The van der Waals surface area contributed by atoms with E-state index in [2.05, 4.69) is 34.9 Å². The lowest BCUT2D eigenvalue weighted by atomic mass is 9.79. The van der Waals surface area contributed by atoms with E-state index < -0.39 is 0 Å². The third-order valence-electron chi connectivity index (χ3n) is 5.02. The van der Waals surface area contributed by atoms with Crippen molar-refractivity contribution in [2.24, 2.45) is 5.92 Å². The Kier molecular flexibility index (Phi) is 5.15. The predicted molar refractivity (Wildman–Crippen MR) is 87.5 cm³/mol. The predicted octanol–water partition coefficient (Wildman–Crippen LogP) is 3.56. The number of ether oxygens (including phenoxy) is 1. The Labute approximate surface area is 128 Å². The first-order chi connectivity index (χ1) is 10.4. The molecule has 0 aromatic heterocycles. The van der Waals surface area contributed by atoms with Gasteiger partial charge >= 0.3 is 0 Å². The summed E-state index contributed by atoms with van der Waals surface area (Å²) in [6.07, 6.45) is 8.12. The van der Waals surface area contributed by atoms with Gasteiger partial charge in [-0.05, 0) is 55.8 Å². The van der Waals surface area contributed by atoms with Gasteiger partial charge in [0.2, 0.25) is 0 Å². The number of rotatable bonds is 5. The number of nitrogens with one attached hydrogen (secondary N) is 2. The second kappa shape index (κ2) is 7.28. The fourth-order valence-corrected chi connectivity index (χ4v) is 4.03. The maximum absolute atomic E-state index is 5.24. The topological polar surface area (TPSA) is 33.3 Å². The smallest absolute Gasteiger partial charge is 0.0713 e. The summed E-state index contributed by atoms with van der Waals surface area (Å²) in [6.45, 7) is 1.89. The van der Waals surface area contributed by atoms with E-state index in [4.69, 9.17) is 4.74 Å². The van der Waals surface area contributed by atoms with Crippen LogP contribution in [0, 0.1) is 5.92 Å². The number of anilines is 1. The number of hydrogen-bond donors (Lipinski definition) is 2. The highest BCUT2D eigenvalue weighted by Gasteiger charge is 2.33. The molecule has 3 nitrogen and oxygen atoms in total. The second-order valence-corrected chi connectivity index (χ2v) is 6.54. The van der Waals surface area contributed by atoms with Crippen LogP contribution >= 0.6 is 0 Å². The van der Waals surface area contributed by atoms with E-state index >= 15 is 0 Å². The van der Waals surface area contributed by atoms with Gasteiger partial charge in [-0.15, -0.1) is 0 Å². The molecule has 3 rings (SSSR count). The molecule has 3 unspecified atom stereocenters. The van der Waals surface area contributed by atoms with Crippen LogP contribution in [-0.2, 0) is 11.3 Å². The van der Waals surface area contributed by atoms with Crippen LogP contribution in [0.15, 0.2) is 24.3 Å². The molecule has 3 atom stereocenters. The first-order valence-corrected chi connectivity index (χ1v) is 8.44. The molecule has 0 spiro atoms. The third-order valence-corrected chi connectivity index (χ3v) is 5.02. The zero-order valence-corrected chi connectivity index (χ0v) is 13.1. The molecule has 3 heteroatoms. The van der Waals surface area contributed by atoms with E-state index in [-0.39, 0.29) is 0 Å². The molecule has 0 amide bonds. The number of methoxy groups -OCH3 is 1. The Morgan fingerprint density at radius 2 is 2.10 bits per heavy atom. The lowest BCUT2D eigenvalue weighted by Gasteiger charge is -2.37. The van der Waals surface area contributed by atoms with Gasteiger partial charge in [-0.3, -0.25) is 0 Å². The van der Waals surface area contributed by atoms with Gasteiger partial charge in [0.1, 0.15) is 0 Å². The molecule has 116 valence electrons. The summed E-state index contributed by atoms with van der Waals surface area (Å²) in [5.74, 6) is 0.785. The maximum atomic E-state index is 5.24. The molecular formula is C18H28N2O. The molecule has 1 saturated heterocycles. The Hall–Kier alpha value is -1.06. The van der Waals surface area contributed by atoms with Crippen molar-refractivity contribution in [2.45, 2.75) is 57.2 Å². The van der Waals surface area contributed by atoms with Gasteiger partial charge in [0.05, 0.1) is 6.61 Å². The maximum Gasteiger partial charge on any atom is 0.0713 e. The highest BCUT2D eigenvalue weighted by Crippen LogP contribution is 2.32. The van der Waals surface area contributed by atoms with Crippen LogP contribution in [0.25, 0.3) is 0 Å². The molecule has 1 saturated carbocycles. The monoisotopic (exact) mass is 288 g/mol. The summed E-state index contributed by atoms with van der Waals surface area (Å²) in [5, 5.41) is 7.52. The normalized spacial score (nSPS) is 29.5. The van der Waals surface area contributed by atoms with Crippen molar-refractivity contribution in [3.8, 4) is 0 Å². The lowest BCUT2D eigenvalue weighted by molar-refractivity contribution is 0.185. The molecule has 21 heavy (non-hydrogen) atoms. The Morgan fingerprint density at radius 1 is 1.19 bits per heavy atom. The molecule has 0 bridgehead atoms. The summed E-state index contributed by atoms with van der Waals surface area (Å²) in [6, 6.07) is 10.0. The van der Waals surface area contributed by atoms with Crippen molar-refractivity contribution in [1.29, 1.82) is 0 Å². The average Bonchev–Trinajstić information content (AvgIpc) is 3.03. The molecule has 1 heterocycles. The first kappa shape index (κ1) is 14.9. The third kappa shape index (κ3) is 3.78. The molecule has 1 aliphatic carbocycles. The lowest BCUT2D eigenvalue weighted by Crippen LogP contribution is -2.43. The van der Waals surface area contributed by atoms with Gasteiger partial charge in [-0.1, -0.05) is 25.0 Å².